The smallest absolute Gasteiger partial charge is 0.272 e. The zero-order valence-electron chi connectivity index (χ0n) is 12.8. The van der Waals surface area contributed by atoms with E-state index >= 15 is 0 Å². The average molecular weight is 293 g/mol. The first-order valence-corrected chi connectivity index (χ1v) is 7.18. The quantitative estimate of drug-likeness (QED) is 0.437. The molecule has 1 atom stereocenters. The Kier molecular flexibility index (Phi) is 6.81. The van der Waals surface area contributed by atoms with Crippen LogP contribution in [0.3, 0.4) is 0 Å². The van der Waals surface area contributed by atoms with Crippen LogP contribution in [-0.2, 0) is 11.3 Å². The van der Waals surface area contributed by atoms with E-state index in [9.17, 15) is 14.9 Å². The summed E-state index contributed by atoms with van der Waals surface area (Å²) in [6.07, 6.45) is 1.31. The molecule has 6 heteroatoms. The molecule has 0 saturated heterocycles. The number of nitrogens with zero attached hydrogens (tertiary/aromatic N) is 1. The van der Waals surface area contributed by atoms with Crippen LogP contribution in [0.15, 0.2) is 18.2 Å². The molecule has 1 amide bonds. The first kappa shape index (κ1) is 17.1. The normalized spacial score (nSPS) is 12.0. The minimum absolute atomic E-state index is 0.0201. The summed E-state index contributed by atoms with van der Waals surface area (Å²) in [7, 11) is 0. The van der Waals surface area contributed by atoms with Crippen LogP contribution in [0.5, 0.6) is 0 Å². The van der Waals surface area contributed by atoms with Crippen molar-refractivity contribution in [2.24, 2.45) is 0 Å². The number of carbonyl (C=O) groups excluding carboxylic acids is 1. The van der Waals surface area contributed by atoms with Crippen LogP contribution in [0.4, 0.5) is 5.69 Å². The third-order valence-corrected chi connectivity index (χ3v) is 3.35. The van der Waals surface area contributed by atoms with Crippen LogP contribution in [0.2, 0.25) is 0 Å². The maximum Gasteiger partial charge on any atom is 0.272 e. The number of benzene rings is 1. The Labute approximate surface area is 125 Å². The van der Waals surface area contributed by atoms with E-state index in [0.717, 1.165) is 12.0 Å². The van der Waals surface area contributed by atoms with Gasteiger partial charge in [0.25, 0.3) is 5.69 Å². The topological polar surface area (TPSA) is 84.3 Å². The third-order valence-electron chi connectivity index (χ3n) is 3.35. The summed E-state index contributed by atoms with van der Waals surface area (Å²) in [4.78, 5) is 22.1. The number of aryl methyl sites for hydroxylation is 1. The van der Waals surface area contributed by atoms with Gasteiger partial charge in [0.05, 0.1) is 4.92 Å². The molecule has 1 aromatic carbocycles. The van der Waals surface area contributed by atoms with E-state index in [0.29, 0.717) is 25.1 Å². The first-order valence-electron chi connectivity index (χ1n) is 7.18. The molecule has 1 aromatic rings. The summed E-state index contributed by atoms with van der Waals surface area (Å²) < 4.78 is 0. The van der Waals surface area contributed by atoms with Crippen molar-refractivity contribution in [1.29, 1.82) is 0 Å². The fourth-order valence-electron chi connectivity index (χ4n) is 1.85. The molecule has 0 radical (unpaired) electrons. The molecule has 0 aliphatic carbocycles. The summed E-state index contributed by atoms with van der Waals surface area (Å²) in [6.45, 7) is 6.76. The molecule has 0 saturated carbocycles. The Morgan fingerprint density at radius 2 is 2.14 bits per heavy atom. The zero-order valence-corrected chi connectivity index (χ0v) is 12.8. The highest BCUT2D eigenvalue weighted by atomic mass is 16.6. The van der Waals surface area contributed by atoms with Crippen LogP contribution in [-0.4, -0.2) is 23.4 Å². The Morgan fingerprint density at radius 1 is 1.43 bits per heavy atom. The molecule has 116 valence electrons. The summed E-state index contributed by atoms with van der Waals surface area (Å²) in [5.41, 5.74) is 1.62. The van der Waals surface area contributed by atoms with E-state index in [-0.39, 0.29) is 22.6 Å². The van der Waals surface area contributed by atoms with E-state index in [1.54, 1.807) is 19.1 Å². The van der Waals surface area contributed by atoms with Gasteiger partial charge in [0.2, 0.25) is 5.91 Å². The highest BCUT2D eigenvalue weighted by molar-refractivity contribution is 5.76. The molecular weight excluding hydrogens is 270 g/mol. The Balaban J connectivity index is 2.38. The van der Waals surface area contributed by atoms with Gasteiger partial charge in [-0.2, -0.15) is 0 Å². The van der Waals surface area contributed by atoms with E-state index in [1.165, 1.54) is 0 Å². The van der Waals surface area contributed by atoms with E-state index in [2.05, 4.69) is 10.6 Å². The van der Waals surface area contributed by atoms with Crippen molar-refractivity contribution < 1.29 is 9.72 Å². The maximum atomic E-state index is 11.6. The Hall–Kier alpha value is -1.95. The first-order chi connectivity index (χ1) is 9.93. The van der Waals surface area contributed by atoms with Crippen LogP contribution in [0, 0.1) is 17.0 Å². The highest BCUT2D eigenvalue weighted by Crippen LogP contribution is 2.18. The van der Waals surface area contributed by atoms with Crippen LogP contribution in [0.1, 0.15) is 37.8 Å². The molecule has 0 fully saturated rings. The Morgan fingerprint density at radius 3 is 2.76 bits per heavy atom. The Bertz CT molecular complexity index is 503. The second-order valence-corrected chi connectivity index (χ2v) is 5.18. The van der Waals surface area contributed by atoms with Crippen molar-refractivity contribution in [3.8, 4) is 0 Å². The molecule has 0 aliphatic heterocycles. The van der Waals surface area contributed by atoms with E-state index < -0.39 is 0 Å². The van der Waals surface area contributed by atoms with E-state index in [4.69, 9.17) is 0 Å². The minimum Gasteiger partial charge on any atom is -0.354 e. The van der Waals surface area contributed by atoms with Gasteiger partial charge in [-0.1, -0.05) is 19.1 Å². The highest BCUT2D eigenvalue weighted by Gasteiger charge is 2.10. The van der Waals surface area contributed by atoms with Gasteiger partial charge in [0, 0.05) is 37.2 Å². The van der Waals surface area contributed by atoms with Gasteiger partial charge in [0.15, 0.2) is 0 Å². The maximum absolute atomic E-state index is 11.6. The van der Waals surface area contributed by atoms with Gasteiger partial charge in [-0.05, 0) is 25.8 Å². The summed E-state index contributed by atoms with van der Waals surface area (Å²) in [5.74, 6) is 0.0201. The molecule has 0 spiro atoms. The SMILES string of the molecule is CCC(C)NC(=O)CCNCc1ccc(C)c([N+](=O)[O-])c1. The molecule has 1 rings (SSSR count). The summed E-state index contributed by atoms with van der Waals surface area (Å²) in [6, 6.07) is 5.36. The van der Waals surface area contributed by atoms with E-state index in [1.807, 2.05) is 19.9 Å². The lowest BCUT2D eigenvalue weighted by atomic mass is 10.1. The monoisotopic (exact) mass is 293 g/mol. The average Bonchev–Trinajstić information content (AvgIpc) is 2.44. The van der Waals surface area contributed by atoms with Crippen molar-refractivity contribution in [2.75, 3.05) is 6.54 Å². The number of nitro groups is 1. The van der Waals surface area contributed by atoms with Crippen molar-refractivity contribution in [3.05, 3.63) is 39.4 Å². The standard InChI is InChI=1S/C15H23N3O3/c1-4-12(3)17-15(19)7-8-16-10-13-6-5-11(2)14(9-13)18(20)21/h5-6,9,12,16H,4,7-8,10H2,1-3H3,(H,17,19). The second kappa shape index (κ2) is 8.36. The zero-order chi connectivity index (χ0) is 15.8. The molecular formula is C15H23N3O3. The molecule has 2 N–H and O–H groups in total. The number of hydrogen-bond acceptors (Lipinski definition) is 4. The third kappa shape index (κ3) is 5.91. The van der Waals surface area contributed by atoms with Gasteiger partial charge < -0.3 is 10.6 Å². The fourth-order valence-corrected chi connectivity index (χ4v) is 1.85. The molecule has 0 heterocycles. The lowest BCUT2D eigenvalue weighted by Gasteiger charge is -2.11. The predicted molar refractivity (Wildman–Crippen MR) is 82.1 cm³/mol. The number of hydrogen-bond donors (Lipinski definition) is 2. The van der Waals surface area contributed by atoms with Crippen LogP contribution < -0.4 is 10.6 Å². The molecule has 21 heavy (non-hydrogen) atoms. The van der Waals surface area contributed by atoms with Crippen molar-refractivity contribution in [2.45, 2.75) is 46.2 Å². The van der Waals surface area contributed by atoms with Crippen LogP contribution >= 0.6 is 0 Å². The lowest BCUT2D eigenvalue weighted by Crippen LogP contribution is -2.33. The largest absolute Gasteiger partial charge is 0.354 e. The molecule has 1 unspecified atom stereocenters. The number of rotatable bonds is 8. The van der Waals surface area contributed by atoms with Gasteiger partial charge in [0.1, 0.15) is 0 Å². The molecule has 0 bridgehead atoms. The summed E-state index contributed by atoms with van der Waals surface area (Å²) >= 11 is 0. The minimum atomic E-state index is -0.377. The molecule has 6 nitrogen and oxygen atoms in total. The molecule has 0 aromatic heterocycles. The van der Waals surface area contributed by atoms with Crippen molar-refractivity contribution in [3.63, 3.8) is 0 Å². The number of carbonyl (C=O) groups is 1. The lowest BCUT2D eigenvalue weighted by molar-refractivity contribution is -0.385. The number of amides is 1. The summed E-state index contributed by atoms with van der Waals surface area (Å²) in [5, 5.41) is 16.9. The van der Waals surface area contributed by atoms with Gasteiger partial charge in [-0.15, -0.1) is 0 Å². The van der Waals surface area contributed by atoms with Gasteiger partial charge >= 0.3 is 0 Å². The number of nitrogens with one attached hydrogen (secondary N) is 2. The fraction of sp³-hybridized carbons (Fsp3) is 0.533. The van der Waals surface area contributed by atoms with Crippen molar-refractivity contribution in [1.82, 2.24) is 10.6 Å². The van der Waals surface area contributed by atoms with Crippen molar-refractivity contribution >= 4 is 11.6 Å². The van der Waals surface area contributed by atoms with Gasteiger partial charge in [-0.3, -0.25) is 14.9 Å². The van der Waals surface area contributed by atoms with Crippen LogP contribution in [0.25, 0.3) is 0 Å². The predicted octanol–water partition coefficient (Wildman–Crippen LogP) is 2.30. The second-order valence-electron chi connectivity index (χ2n) is 5.18. The van der Waals surface area contributed by atoms with Gasteiger partial charge in [-0.25, -0.2) is 0 Å². The number of nitro benzene ring substituents is 1. The molecule has 0 aliphatic rings.